The molecule has 0 unspecified atom stereocenters. The van der Waals surface area contributed by atoms with Crippen LogP contribution in [0.1, 0.15) is 29.9 Å². The van der Waals surface area contributed by atoms with Crippen molar-refractivity contribution in [1.82, 2.24) is 0 Å². The quantitative estimate of drug-likeness (QED) is 0.859. The fourth-order valence-electron chi connectivity index (χ4n) is 2.97. The molecule has 0 bridgehead atoms. The Kier molecular flexibility index (Phi) is 4.42. The number of carboxylic acid groups (broad SMARTS) is 1. The number of anilines is 1. The van der Waals surface area contributed by atoms with Gasteiger partial charge in [0.25, 0.3) is 0 Å². The number of aliphatic carboxylic acids is 1. The maximum absolute atomic E-state index is 12.1. The Balaban J connectivity index is 1.53. The minimum Gasteiger partial charge on any atom is -0.481 e. The maximum atomic E-state index is 12.1. The normalized spacial score (nSPS) is 19.1. The molecule has 4 nitrogen and oxygen atoms in total. The number of hydrogen-bond donors (Lipinski definition) is 2. The molecule has 0 spiro atoms. The predicted octanol–water partition coefficient (Wildman–Crippen LogP) is 3.45. The molecule has 0 radical (unpaired) electrons. The molecule has 0 aliphatic heterocycles. The van der Waals surface area contributed by atoms with E-state index in [4.69, 9.17) is 5.11 Å². The van der Waals surface area contributed by atoms with E-state index >= 15 is 0 Å². The zero-order valence-corrected chi connectivity index (χ0v) is 12.7. The topological polar surface area (TPSA) is 66.4 Å². The number of benzene rings is 2. The number of rotatable bonds is 6. The molecule has 1 amide bonds. The van der Waals surface area contributed by atoms with Gasteiger partial charge in [-0.3, -0.25) is 9.59 Å². The van der Waals surface area contributed by atoms with Crippen molar-refractivity contribution in [1.29, 1.82) is 0 Å². The Bertz CT molecular complexity index is 712. The van der Waals surface area contributed by atoms with Crippen LogP contribution in [0.5, 0.6) is 0 Å². The molecule has 1 fully saturated rings. The fraction of sp³-hybridized carbons (Fsp3) is 0.263. The third-order valence-electron chi connectivity index (χ3n) is 4.16. The van der Waals surface area contributed by atoms with Crippen LogP contribution < -0.4 is 5.32 Å². The highest BCUT2D eigenvalue weighted by Crippen LogP contribution is 2.49. The largest absolute Gasteiger partial charge is 0.481 e. The standard InChI is InChI=1S/C19H19NO3/c21-18(12-15-11-17(15)14-6-2-1-3-7-14)20-16-8-4-5-13(9-16)10-19(22)23/h1-9,15,17H,10-12H2,(H,20,21)(H,22,23)/t15-,17-/m0/s1. The number of carbonyl (C=O) groups is 2. The van der Waals surface area contributed by atoms with Crippen molar-refractivity contribution in [3.8, 4) is 0 Å². The molecule has 2 atom stereocenters. The van der Waals surface area contributed by atoms with Crippen LogP contribution in [-0.2, 0) is 16.0 Å². The molecule has 23 heavy (non-hydrogen) atoms. The summed E-state index contributed by atoms with van der Waals surface area (Å²) in [6.07, 6.45) is 1.52. The summed E-state index contributed by atoms with van der Waals surface area (Å²) < 4.78 is 0. The first-order chi connectivity index (χ1) is 11.1. The lowest BCUT2D eigenvalue weighted by atomic mass is 10.1. The van der Waals surface area contributed by atoms with Gasteiger partial charge < -0.3 is 10.4 Å². The molecule has 2 aromatic carbocycles. The van der Waals surface area contributed by atoms with Gasteiger partial charge in [-0.15, -0.1) is 0 Å². The van der Waals surface area contributed by atoms with Gasteiger partial charge in [-0.1, -0.05) is 42.5 Å². The van der Waals surface area contributed by atoms with Crippen LogP contribution in [0.4, 0.5) is 5.69 Å². The summed E-state index contributed by atoms with van der Waals surface area (Å²) in [5.74, 6) is -0.00189. The van der Waals surface area contributed by atoms with Gasteiger partial charge >= 0.3 is 5.97 Å². The number of amides is 1. The summed E-state index contributed by atoms with van der Waals surface area (Å²) in [6.45, 7) is 0. The fourth-order valence-corrected chi connectivity index (χ4v) is 2.97. The monoisotopic (exact) mass is 309 g/mol. The van der Waals surface area contributed by atoms with Crippen LogP contribution in [0.3, 0.4) is 0 Å². The van der Waals surface area contributed by atoms with Crippen LogP contribution in [0.2, 0.25) is 0 Å². The third kappa shape index (κ3) is 4.19. The molecule has 0 saturated heterocycles. The Morgan fingerprint density at radius 3 is 2.61 bits per heavy atom. The first-order valence-electron chi connectivity index (χ1n) is 7.77. The van der Waals surface area contributed by atoms with E-state index in [1.807, 2.05) is 18.2 Å². The van der Waals surface area contributed by atoms with E-state index in [0.29, 0.717) is 29.5 Å². The van der Waals surface area contributed by atoms with Gasteiger partial charge in [-0.25, -0.2) is 0 Å². The van der Waals surface area contributed by atoms with Crippen LogP contribution in [0, 0.1) is 5.92 Å². The number of nitrogens with one attached hydrogen (secondary N) is 1. The lowest BCUT2D eigenvalue weighted by Crippen LogP contribution is -2.12. The van der Waals surface area contributed by atoms with Gasteiger partial charge in [0, 0.05) is 12.1 Å². The highest BCUT2D eigenvalue weighted by molar-refractivity contribution is 5.91. The summed E-state index contributed by atoms with van der Waals surface area (Å²) in [6, 6.07) is 17.3. The highest BCUT2D eigenvalue weighted by atomic mass is 16.4. The van der Waals surface area contributed by atoms with Crippen LogP contribution >= 0.6 is 0 Å². The second-order valence-corrected chi connectivity index (χ2v) is 6.04. The second-order valence-electron chi connectivity index (χ2n) is 6.04. The summed E-state index contributed by atoms with van der Waals surface area (Å²) in [5.41, 5.74) is 2.64. The van der Waals surface area contributed by atoms with E-state index in [2.05, 4.69) is 17.4 Å². The molecule has 1 aliphatic rings. The van der Waals surface area contributed by atoms with E-state index < -0.39 is 5.97 Å². The maximum Gasteiger partial charge on any atom is 0.307 e. The van der Waals surface area contributed by atoms with Crippen molar-refractivity contribution in [2.45, 2.75) is 25.2 Å². The van der Waals surface area contributed by atoms with Crippen molar-refractivity contribution in [3.05, 3.63) is 65.7 Å². The summed E-state index contributed by atoms with van der Waals surface area (Å²) >= 11 is 0. The molecule has 3 rings (SSSR count). The minimum atomic E-state index is -0.878. The molecule has 1 aliphatic carbocycles. The molecular weight excluding hydrogens is 290 g/mol. The van der Waals surface area contributed by atoms with Crippen LogP contribution in [-0.4, -0.2) is 17.0 Å². The van der Waals surface area contributed by atoms with Crippen LogP contribution in [0.15, 0.2) is 54.6 Å². The first-order valence-corrected chi connectivity index (χ1v) is 7.77. The zero-order valence-electron chi connectivity index (χ0n) is 12.7. The summed E-state index contributed by atoms with van der Waals surface area (Å²) in [4.78, 5) is 22.9. The number of carbonyl (C=O) groups excluding carboxylic acids is 1. The SMILES string of the molecule is O=C(O)Cc1cccc(NC(=O)C[C@@H]2C[C@H]2c2ccccc2)c1. The lowest BCUT2D eigenvalue weighted by molar-refractivity contribution is -0.136. The van der Waals surface area contributed by atoms with Gasteiger partial charge in [-0.2, -0.15) is 0 Å². The minimum absolute atomic E-state index is 0.0130. The summed E-state index contributed by atoms with van der Waals surface area (Å²) in [7, 11) is 0. The van der Waals surface area contributed by atoms with Crippen molar-refractivity contribution >= 4 is 17.6 Å². The lowest BCUT2D eigenvalue weighted by Gasteiger charge is -2.07. The first kappa shape index (κ1) is 15.3. The van der Waals surface area contributed by atoms with E-state index in [-0.39, 0.29) is 12.3 Å². The van der Waals surface area contributed by atoms with E-state index in [1.165, 1.54) is 5.56 Å². The molecule has 4 heteroatoms. The van der Waals surface area contributed by atoms with E-state index in [1.54, 1.807) is 24.3 Å². The average Bonchev–Trinajstić information content (AvgIpc) is 3.27. The van der Waals surface area contributed by atoms with Crippen molar-refractivity contribution in [2.24, 2.45) is 5.92 Å². The predicted molar refractivity (Wildman–Crippen MR) is 88.3 cm³/mol. The average molecular weight is 309 g/mol. The number of carboxylic acids is 1. The molecule has 2 aromatic rings. The molecule has 0 aromatic heterocycles. The van der Waals surface area contributed by atoms with Gasteiger partial charge in [0.05, 0.1) is 6.42 Å². The highest BCUT2D eigenvalue weighted by Gasteiger charge is 2.39. The van der Waals surface area contributed by atoms with E-state index in [0.717, 1.165) is 6.42 Å². The second kappa shape index (κ2) is 6.65. The Morgan fingerprint density at radius 2 is 1.87 bits per heavy atom. The van der Waals surface area contributed by atoms with Gasteiger partial charge in [0.1, 0.15) is 0 Å². The zero-order chi connectivity index (χ0) is 16.2. The van der Waals surface area contributed by atoms with Gasteiger partial charge in [0.2, 0.25) is 5.91 Å². The molecule has 1 saturated carbocycles. The van der Waals surface area contributed by atoms with E-state index in [9.17, 15) is 9.59 Å². The molecule has 2 N–H and O–H groups in total. The summed E-state index contributed by atoms with van der Waals surface area (Å²) in [5, 5.41) is 11.7. The Labute approximate surface area is 135 Å². The van der Waals surface area contributed by atoms with Crippen molar-refractivity contribution in [2.75, 3.05) is 5.32 Å². The third-order valence-corrected chi connectivity index (χ3v) is 4.16. The van der Waals surface area contributed by atoms with Crippen molar-refractivity contribution < 1.29 is 14.7 Å². The molecular formula is C19H19NO3. The Morgan fingerprint density at radius 1 is 1.09 bits per heavy atom. The van der Waals surface area contributed by atoms with Gasteiger partial charge in [-0.05, 0) is 41.5 Å². The smallest absolute Gasteiger partial charge is 0.307 e. The van der Waals surface area contributed by atoms with Crippen molar-refractivity contribution in [3.63, 3.8) is 0 Å². The molecule has 118 valence electrons. The molecule has 0 heterocycles. The van der Waals surface area contributed by atoms with Gasteiger partial charge in [0.15, 0.2) is 0 Å². The number of hydrogen-bond acceptors (Lipinski definition) is 2. The Hall–Kier alpha value is -2.62. The van der Waals surface area contributed by atoms with Crippen LogP contribution in [0.25, 0.3) is 0 Å².